The zero-order chi connectivity index (χ0) is 13.6. The Kier molecular flexibility index (Phi) is 5.40. The fourth-order valence-corrected chi connectivity index (χ4v) is 1.81. The van der Waals surface area contributed by atoms with Gasteiger partial charge in [0.25, 0.3) is 0 Å². The first-order chi connectivity index (χ1) is 8.40. The van der Waals surface area contributed by atoms with Crippen molar-refractivity contribution in [2.45, 2.75) is 38.3 Å². The molecule has 5 nitrogen and oxygen atoms in total. The molecule has 0 amide bonds. The first-order valence-corrected chi connectivity index (χ1v) is 6.80. The number of anilines is 1. The first kappa shape index (κ1) is 14.8. The molecule has 1 heterocycles. The molecule has 1 aromatic rings. The molecular weight excluding hydrogens is 250 g/mol. The van der Waals surface area contributed by atoms with Crippen LogP contribution in [0.1, 0.15) is 27.7 Å². The Morgan fingerprint density at radius 3 is 2.78 bits per heavy atom. The molecule has 0 fully saturated rings. The van der Waals surface area contributed by atoms with Gasteiger partial charge in [-0.3, -0.25) is 9.78 Å². The van der Waals surface area contributed by atoms with E-state index in [0.717, 1.165) is 6.54 Å². The highest BCUT2D eigenvalue weighted by Crippen LogP contribution is 2.17. The Morgan fingerprint density at radius 1 is 1.44 bits per heavy atom. The van der Waals surface area contributed by atoms with E-state index in [-0.39, 0.29) is 11.7 Å². The van der Waals surface area contributed by atoms with Crippen LogP contribution in [0.3, 0.4) is 0 Å². The maximum atomic E-state index is 11.5. The third-order valence-electron chi connectivity index (χ3n) is 1.73. The van der Waals surface area contributed by atoms with Crippen LogP contribution in [0.25, 0.3) is 0 Å². The number of hydrogen-bond acceptors (Lipinski definition) is 6. The summed E-state index contributed by atoms with van der Waals surface area (Å²) >= 11 is 1.32. The molecule has 1 rings (SSSR count). The van der Waals surface area contributed by atoms with Crippen LogP contribution in [0.15, 0.2) is 17.4 Å². The monoisotopic (exact) mass is 269 g/mol. The van der Waals surface area contributed by atoms with Crippen LogP contribution in [0.4, 0.5) is 5.82 Å². The standard InChI is InChI=1S/C12H19N3O2S/c1-5-14-9-6-13-7-10(15-9)18-8-11(16)17-12(2,3)4/h6-7H,5,8H2,1-4H3,(H,14,15). The second-order valence-corrected chi connectivity index (χ2v) is 5.64. The molecular formula is C12H19N3O2S. The largest absolute Gasteiger partial charge is 0.459 e. The molecule has 0 saturated carbocycles. The molecule has 0 spiro atoms. The molecule has 0 bridgehead atoms. The molecule has 18 heavy (non-hydrogen) atoms. The van der Waals surface area contributed by atoms with Gasteiger partial charge in [-0.1, -0.05) is 11.8 Å². The third kappa shape index (κ3) is 5.86. The van der Waals surface area contributed by atoms with E-state index in [1.165, 1.54) is 11.8 Å². The van der Waals surface area contributed by atoms with Gasteiger partial charge in [-0.15, -0.1) is 0 Å². The molecule has 1 aromatic heterocycles. The minimum Gasteiger partial charge on any atom is -0.459 e. The molecule has 0 saturated heterocycles. The normalized spacial score (nSPS) is 11.1. The number of aromatic nitrogens is 2. The Morgan fingerprint density at radius 2 is 2.17 bits per heavy atom. The van der Waals surface area contributed by atoms with E-state index in [1.807, 2.05) is 27.7 Å². The Balaban J connectivity index is 2.48. The number of rotatable bonds is 5. The Hall–Kier alpha value is -1.30. The number of hydrogen-bond donors (Lipinski definition) is 1. The van der Waals surface area contributed by atoms with Gasteiger partial charge in [0.15, 0.2) is 0 Å². The summed E-state index contributed by atoms with van der Waals surface area (Å²) in [5.74, 6) is 0.705. The number of carbonyl (C=O) groups is 1. The molecule has 0 atom stereocenters. The number of thioether (sulfide) groups is 1. The van der Waals surface area contributed by atoms with Crippen molar-refractivity contribution >= 4 is 23.5 Å². The van der Waals surface area contributed by atoms with Crippen molar-refractivity contribution in [3.63, 3.8) is 0 Å². The SMILES string of the molecule is CCNc1cncc(SCC(=O)OC(C)(C)C)n1. The van der Waals surface area contributed by atoms with Gasteiger partial charge in [-0.25, -0.2) is 4.98 Å². The Bertz CT molecular complexity index is 405. The molecule has 1 N–H and O–H groups in total. The van der Waals surface area contributed by atoms with Crippen LogP contribution in [-0.4, -0.2) is 33.8 Å². The van der Waals surface area contributed by atoms with E-state index >= 15 is 0 Å². The van der Waals surface area contributed by atoms with Crippen LogP contribution in [0.5, 0.6) is 0 Å². The highest BCUT2D eigenvalue weighted by atomic mass is 32.2. The molecule has 0 aromatic carbocycles. The smallest absolute Gasteiger partial charge is 0.316 e. The average molecular weight is 269 g/mol. The lowest BCUT2D eigenvalue weighted by Crippen LogP contribution is -2.24. The Labute approximate surface area is 112 Å². The van der Waals surface area contributed by atoms with Gasteiger partial charge in [-0.05, 0) is 27.7 Å². The van der Waals surface area contributed by atoms with E-state index in [2.05, 4.69) is 15.3 Å². The summed E-state index contributed by atoms with van der Waals surface area (Å²) in [5, 5.41) is 3.78. The first-order valence-electron chi connectivity index (χ1n) is 5.81. The predicted octanol–water partition coefficient (Wildman–Crippen LogP) is 2.34. The number of ether oxygens (including phenoxy) is 1. The fourth-order valence-electron chi connectivity index (χ4n) is 1.19. The van der Waals surface area contributed by atoms with E-state index in [9.17, 15) is 4.79 Å². The second-order valence-electron chi connectivity index (χ2n) is 4.65. The van der Waals surface area contributed by atoms with Gasteiger partial charge in [0.1, 0.15) is 16.4 Å². The highest BCUT2D eigenvalue weighted by Gasteiger charge is 2.16. The van der Waals surface area contributed by atoms with Gasteiger partial charge >= 0.3 is 5.97 Å². The maximum Gasteiger partial charge on any atom is 0.316 e. The molecule has 0 radical (unpaired) electrons. The van der Waals surface area contributed by atoms with Gasteiger partial charge in [-0.2, -0.15) is 0 Å². The van der Waals surface area contributed by atoms with Crippen LogP contribution >= 0.6 is 11.8 Å². The molecule has 0 aliphatic heterocycles. The van der Waals surface area contributed by atoms with Crippen LogP contribution in [0.2, 0.25) is 0 Å². The number of carbonyl (C=O) groups excluding carboxylic acids is 1. The minimum absolute atomic E-state index is 0.238. The lowest BCUT2D eigenvalue weighted by molar-refractivity contribution is -0.151. The van der Waals surface area contributed by atoms with E-state index in [0.29, 0.717) is 10.8 Å². The van der Waals surface area contributed by atoms with Crippen molar-refractivity contribution in [3.8, 4) is 0 Å². The van der Waals surface area contributed by atoms with E-state index in [1.54, 1.807) is 12.4 Å². The second kappa shape index (κ2) is 6.58. The summed E-state index contributed by atoms with van der Waals surface area (Å²) in [6.07, 6.45) is 3.29. The van der Waals surface area contributed by atoms with E-state index in [4.69, 9.17) is 4.74 Å². The number of esters is 1. The van der Waals surface area contributed by atoms with Crippen molar-refractivity contribution in [1.82, 2.24) is 9.97 Å². The van der Waals surface area contributed by atoms with Crippen LogP contribution in [0, 0.1) is 0 Å². The summed E-state index contributed by atoms with van der Waals surface area (Å²) in [6, 6.07) is 0. The van der Waals surface area contributed by atoms with Crippen molar-refractivity contribution in [2.75, 3.05) is 17.6 Å². The molecule has 100 valence electrons. The average Bonchev–Trinajstić information content (AvgIpc) is 2.25. The summed E-state index contributed by atoms with van der Waals surface area (Å²) in [5.41, 5.74) is -0.449. The summed E-state index contributed by atoms with van der Waals surface area (Å²) in [4.78, 5) is 19.9. The van der Waals surface area contributed by atoms with Gasteiger partial charge in [0, 0.05) is 6.54 Å². The minimum atomic E-state index is -0.449. The van der Waals surface area contributed by atoms with Crippen molar-refractivity contribution in [3.05, 3.63) is 12.4 Å². The maximum absolute atomic E-state index is 11.5. The van der Waals surface area contributed by atoms with Gasteiger partial charge < -0.3 is 10.1 Å². The summed E-state index contributed by atoms with van der Waals surface area (Å²) < 4.78 is 5.21. The molecule has 0 aliphatic rings. The summed E-state index contributed by atoms with van der Waals surface area (Å²) in [7, 11) is 0. The fraction of sp³-hybridized carbons (Fsp3) is 0.583. The van der Waals surface area contributed by atoms with E-state index < -0.39 is 5.60 Å². The molecule has 0 unspecified atom stereocenters. The number of nitrogens with zero attached hydrogens (tertiary/aromatic N) is 2. The molecule has 0 aliphatic carbocycles. The van der Waals surface area contributed by atoms with Gasteiger partial charge in [0.05, 0.1) is 18.1 Å². The van der Waals surface area contributed by atoms with Crippen molar-refractivity contribution in [2.24, 2.45) is 0 Å². The lowest BCUT2D eigenvalue weighted by atomic mass is 10.2. The zero-order valence-corrected chi connectivity index (χ0v) is 12.0. The topological polar surface area (TPSA) is 64.1 Å². The van der Waals surface area contributed by atoms with Crippen molar-refractivity contribution in [1.29, 1.82) is 0 Å². The quantitative estimate of drug-likeness (QED) is 0.654. The predicted molar refractivity (Wildman–Crippen MR) is 72.8 cm³/mol. The highest BCUT2D eigenvalue weighted by molar-refractivity contribution is 7.99. The van der Waals surface area contributed by atoms with Gasteiger partial charge in [0.2, 0.25) is 0 Å². The lowest BCUT2D eigenvalue weighted by Gasteiger charge is -2.19. The molecule has 6 heteroatoms. The summed E-state index contributed by atoms with van der Waals surface area (Å²) in [6.45, 7) is 8.32. The van der Waals surface area contributed by atoms with Crippen LogP contribution in [-0.2, 0) is 9.53 Å². The number of nitrogens with one attached hydrogen (secondary N) is 1. The third-order valence-corrected chi connectivity index (χ3v) is 2.60. The van der Waals surface area contributed by atoms with Crippen molar-refractivity contribution < 1.29 is 9.53 Å². The van der Waals surface area contributed by atoms with Crippen LogP contribution < -0.4 is 5.32 Å². The zero-order valence-electron chi connectivity index (χ0n) is 11.2.